The summed E-state index contributed by atoms with van der Waals surface area (Å²) in [7, 11) is 0. The van der Waals surface area contributed by atoms with E-state index in [1.54, 1.807) is 0 Å². The van der Waals surface area contributed by atoms with Crippen molar-refractivity contribution in [2.45, 2.75) is 31.4 Å². The van der Waals surface area contributed by atoms with Gasteiger partial charge in [-0.05, 0) is 43.3 Å². The molecule has 60 valence electrons. The Hall–Kier alpha value is -0.240. The fourth-order valence-corrected chi connectivity index (χ4v) is 2.58. The standard InChI is InChI=1S/C8H11NOS/c10-8-3-5-1-6(8)2-7(5)9-4-11/h5-8,10H,1-3H2/t5?,6?,7-,8+/m0/s1. The molecule has 0 spiro atoms. The molecule has 11 heavy (non-hydrogen) atoms. The van der Waals surface area contributed by atoms with Gasteiger partial charge in [0.15, 0.2) is 0 Å². The van der Waals surface area contributed by atoms with Gasteiger partial charge < -0.3 is 5.11 Å². The zero-order chi connectivity index (χ0) is 7.84. The van der Waals surface area contributed by atoms with Crippen molar-refractivity contribution in [1.82, 2.24) is 0 Å². The molecule has 0 aromatic carbocycles. The van der Waals surface area contributed by atoms with E-state index in [0.29, 0.717) is 17.9 Å². The molecule has 2 unspecified atom stereocenters. The molecule has 0 amide bonds. The Morgan fingerprint density at radius 3 is 2.55 bits per heavy atom. The molecule has 2 saturated carbocycles. The van der Waals surface area contributed by atoms with Crippen LogP contribution in [0.4, 0.5) is 0 Å². The van der Waals surface area contributed by atoms with Gasteiger partial charge in [0.05, 0.1) is 17.3 Å². The van der Waals surface area contributed by atoms with Gasteiger partial charge in [-0.1, -0.05) is 0 Å². The summed E-state index contributed by atoms with van der Waals surface area (Å²) in [6.07, 6.45) is 3.04. The van der Waals surface area contributed by atoms with Crippen LogP contribution in [0.5, 0.6) is 0 Å². The highest BCUT2D eigenvalue weighted by atomic mass is 32.1. The molecule has 0 aliphatic heterocycles. The summed E-state index contributed by atoms with van der Waals surface area (Å²) in [6, 6.07) is 0.376. The lowest BCUT2D eigenvalue weighted by Crippen LogP contribution is -2.23. The van der Waals surface area contributed by atoms with Crippen molar-refractivity contribution in [3.05, 3.63) is 0 Å². The topological polar surface area (TPSA) is 32.6 Å². The van der Waals surface area contributed by atoms with E-state index in [4.69, 9.17) is 0 Å². The van der Waals surface area contributed by atoms with E-state index in [1.807, 2.05) is 0 Å². The number of aliphatic hydroxyl groups excluding tert-OH is 1. The molecule has 0 heterocycles. The van der Waals surface area contributed by atoms with Crippen molar-refractivity contribution in [3.8, 4) is 0 Å². The lowest BCUT2D eigenvalue weighted by Gasteiger charge is -2.20. The van der Waals surface area contributed by atoms with Gasteiger partial charge in [-0.15, -0.1) is 0 Å². The summed E-state index contributed by atoms with van der Waals surface area (Å²) in [5, 5.41) is 11.9. The average molecular weight is 169 g/mol. The van der Waals surface area contributed by atoms with Gasteiger partial charge in [0.1, 0.15) is 0 Å². The molecule has 2 aliphatic rings. The third-order valence-corrected chi connectivity index (χ3v) is 3.11. The molecule has 4 atom stereocenters. The molecule has 2 nitrogen and oxygen atoms in total. The fourth-order valence-electron chi connectivity index (χ4n) is 2.44. The molecule has 2 aliphatic carbocycles. The van der Waals surface area contributed by atoms with Crippen LogP contribution < -0.4 is 0 Å². The molecular formula is C8H11NOS. The highest BCUT2D eigenvalue weighted by Gasteiger charge is 2.44. The van der Waals surface area contributed by atoms with Crippen molar-refractivity contribution >= 4 is 17.4 Å². The highest BCUT2D eigenvalue weighted by molar-refractivity contribution is 7.78. The van der Waals surface area contributed by atoms with Crippen LogP contribution in [0.1, 0.15) is 19.3 Å². The fraction of sp³-hybridized carbons (Fsp3) is 0.875. The Balaban J connectivity index is 2.08. The highest BCUT2D eigenvalue weighted by Crippen LogP contribution is 2.45. The maximum atomic E-state index is 9.42. The van der Waals surface area contributed by atoms with Crippen LogP contribution in [0.2, 0.25) is 0 Å². The zero-order valence-electron chi connectivity index (χ0n) is 6.23. The van der Waals surface area contributed by atoms with Crippen LogP contribution in [0.3, 0.4) is 0 Å². The first-order valence-electron chi connectivity index (χ1n) is 4.06. The Bertz CT molecular complexity index is 210. The first-order chi connectivity index (χ1) is 5.31. The largest absolute Gasteiger partial charge is 0.393 e. The van der Waals surface area contributed by atoms with Crippen LogP contribution in [0, 0.1) is 11.8 Å². The normalized spacial score (nSPS) is 47.4. The van der Waals surface area contributed by atoms with Gasteiger partial charge in [-0.3, -0.25) is 0 Å². The van der Waals surface area contributed by atoms with Gasteiger partial charge in [0.25, 0.3) is 0 Å². The number of aliphatic hydroxyl groups is 1. The van der Waals surface area contributed by atoms with Crippen LogP contribution in [0.25, 0.3) is 0 Å². The molecule has 0 aromatic rings. The maximum absolute atomic E-state index is 9.42. The van der Waals surface area contributed by atoms with E-state index in [1.165, 1.54) is 0 Å². The monoisotopic (exact) mass is 169 g/mol. The van der Waals surface area contributed by atoms with Gasteiger partial charge in [0.2, 0.25) is 0 Å². The smallest absolute Gasteiger partial charge is 0.0635 e. The lowest BCUT2D eigenvalue weighted by atomic mass is 9.94. The van der Waals surface area contributed by atoms with Crippen LogP contribution in [-0.2, 0) is 0 Å². The number of hydrogen-bond donors (Lipinski definition) is 1. The number of thiocarbonyl (C=S) groups is 1. The summed E-state index contributed by atoms with van der Waals surface area (Å²) in [5.74, 6) is 1.09. The van der Waals surface area contributed by atoms with Gasteiger partial charge in [-0.2, -0.15) is 0 Å². The first-order valence-corrected chi connectivity index (χ1v) is 4.47. The summed E-state index contributed by atoms with van der Waals surface area (Å²) in [4.78, 5) is 4.09. The Labute approximate surface area is 71.3 Å². The summed E-state index contributed by atoms with van der Waals surface area (Å²) in [6.45, 7) is 0. The minimum Gasteiger partial charge on any atom is -0.393 e. The second kappa shape index (κ2) is 2.67. The molecule has 0 radical (unpaired) electrons. The predicted molar refractivity (Wildman–Crippen MR) is 45.7 cm³/mol. The van der Waals surface area contributed by atoms with Crippen molar-refractivity contribution < 1.29 is 5.11 Å². The minimum atomic E-state index is -0.0587. The third-order valence-electron chi connectivity index (χ3n) is 3.00. The second-order valence-corrected chi connectivity index (χ2v) is 3.76. The summed E-state index contributed by atoms with van der Waals surface area (Å²) < 4.78 is 0. The van der Waals surface area contributed by atoms with Crippen molar-refractivity contribution in [3.63, 3.8) is 0 Å². The predicted octanol–water partition coefficient (Wildman–Crippen LogP) is 1.25. The zero-order valence-corrected chi connectivity index (χ0v) is 7.05. The Morgan fingerprint density at radius 2 is 2.09 bits per heavy atom. The second-order valence-electron chi connectivity index (χ2n) is 3.58. The number of fused-ring (bicyclic) bond motifs is 2. The molecule has 1 N–H and O–H groups in total. The molecule has 2 rings (SSSR count). The van der Waals surface area contributed by atoms with Crippen LogP contribution >= 0.6 is 12.2 Å². The molecule has 0 saturated heterocycles. The first kappa shape index (κ1) is 7.41. The SMILES string of the molecule is O[C@@H]1CC2CC1C[C@@H]2N=C=S. The van der Waals surface area contributed by atoms with Crippen molar-refractivity contribution in [1.29, 1.82) is 0 Å². The van der Waals surface area contributed by atoms with E-state index in [0.717, 1.165) is 19.3 Å². The number of hydrogen-bond acceptors (Lipinski definition) is 3. The van der Waals surface area contributed by atoms with Crippen LogP contribution in [0.15, 0.2) is 4.99 Å². The molecule has 3 heteroatoms. The number of isothiocyanates is 1. The van der Waals surface area contributed by atoms with Crippen molar-refractivity contribution in [2.75, 3.05) is 0 Å². The van der Waals surface area contributed by atoms with Gasteiger partial charge in [0, 0.05) is 0 Å². The third kappa shape index (κ3) is 1.13. The number of rotatable bonds is 1. The molecule has 2 bridgehead atoms. The van der Waals surface area contributed by atoms with E-state index < -0.39 is 0 Å². The summed E-state index contributed by atoms with van der Waals surface area (Å²) >= 11 is 4.55. The van der Waals surface area contributed by atoms with Crippen LogP contribution in [-0.4, -0.2) is 22.4 Å². The Kier molecular flexibility index (Phi) is 1.80. The van der Waals surface area contributed by atoms with Gasteiger partial charge >= 0.3 is 0 Å². The molecule has 2 fully saturated rings. The minimum absolute atomic E-state index is 0.0587. The summed E-state index contributed by atoms with van der Waals surface area (Å²) in [5.41, 5.74) is 0. The molecular weight excluding hydrogens is 158 g/mol. The average Bonchev–Trinajstić information content (AvgIpc) is 2.47. The number of nitrogens with zero attached hydrogens (tertiary/aromatic N) is 1. The number of aliphatic imine (C=N–C) groups is 1. The lowest BCUT2D eigenvalue weighted by molar-refractivity contribution is 0.108. The van der Waals surface area contributed by atoms with E-state index >= 15 is 0 Å². The molecule has 0 aromatic heterocycles. The Morgan fingerprint density at radius 1 is 1.27 bits per heavy atom. The van der Waals surface area contributed by atoms with Crippen molar-refractivity contribution in [2.24, 2.45) is 16.8 Å². The van der Waals surface area contributed by atoms with E-state index in [-0.39, 0.29) is 6.10 Å². The van der Waals surface area contributed by atoms with E-state index in [2.05, 4.69) is 22.4 Å². The quantitative estimate of drug-likeness (QED) is 0.473. The van der Waals surface area contributed by atoms with E-state index in [9.17, 15) is 5.11 Å². The van der Waals surface area contributed by atoms with Gasteiger partial charge in [-0.25, -0.2) is 4.99 Å². The maximum Gasteiger partial charge on any atom is 0.0635 e.